The SMILES string of the molecule is Cc1cccc(C)c1OCCN(C)C(=O)CBr. The lowest BCUT2D eigenvalue weighted by Crippen LogP contribution is -2.31. The van der Waals surface area contributed by atoms with Gasteiger partial charge in [0.15, 0.2) is 0 Å². The number of hydrogen-bond acceptors (Lipinski definition) is 2. The van der Waals surface area contributed by atoms with E-state index in [4.69, 9.17) is 4.74 Å². The number of benzene rings is 1. The number of rotatable bonds is 5. The third-order valence-electron chi connectivity index (χ3n) is 2.62. The fourth-order valence-corrected chi connectivity index (χ4v) is 1.97. The van der Waals surface area contributed by atoms with Crippen LogP contribution >= 0.6 is 15.9 Å². The molecule has 0 bridgehead atoms. The molecule has 0 aromatic heterocycles. The van der Waals surface area contributed by atoms with E-state index in [-0.39, 0.29) is 5.91 Å². The van der Waals surface area contributed by atoms with Crippen molar-refractivity contribution in [2.75, 3.05) is 25.5 Å². The average molecular weight is 300 g/mol. The molecule has 1 aromatic carbocycles. The molecule has 0 spiro atoms. The molecule has 0 heterocycles. The molecule has 94 valence electrons. The summed E-state index contributed by atoms with van der Waals surface area (Å²) < 4.78 is 5.72. The molecule has 4 heteroatoms. The molecule has 0 atom stereocenters. The van der Waals surface area contributed by atoms with Gasteiger partial charge in [-0.05, 0) is 25.0 Å². The molecular weight excluding hydrogens is 282 g/mol. The third kappa shape index (κ3) is 4.04. The number of amides is 1. The van der Waals surface area contributed by atoms with Crippen molar-refractivity contribution in [2.45, 2.75) is 13.8 Å². The van der Waals surface area contributed by atoms with Crippen molar-refractivity contribution in [3.8, 4) is 5.75 Å². The summed E-state index contributed by atoms with van der Waals surface area (Å²) in [7, 11) is 1.78. The third-order valence-corrected chi connectivity index (χ3v) is 3.10. The van der Waals surface area contributed by atoms with Crippen molar-refractivity contribution < 1.29 is 9.53 Å². The minimum absolute atomic E-state index is 0.0649. The summed E-state index contributed by atoms with van der Waals surface area (Å²) in [5.41, 5.74) is 2.25. The molecule has 0 aliphatic heterocycles. The van der Waals surface area contributed by atoms with E-state index in [9.17, 15) is 4.79 Å². The number of carbonyl (C=O) groups excluding carboxylic acids is 1. The standard InChI is InChI=1S/C13H18BrNO2/c1-10-5-4-6-11(2)13(10)17-8-7-15(3)12(16)9-14/h4-6H,7-9H2,1-3H3. The van der Waals surface area contributed by atoms with Crippen LogP contribution in [0.4, 0.5) is 0 Å². The lowest BCUT2D eigenvalue weighted by molar-refractivity contribution is -0.127. The molecule has 0 saturated heterocycles. The number of alkyl halides is 1. The predicted molar refractivity (Wildman–Crippen MR) is 72.8 cm³/mol. The Kier molecular flexibility index (Phi) is 5.48. The van der Waals surface area contributed by atoms with Crippen molar-refractivity contribution in [3.05, 3.63) is 29.3 Å². The molecule has 0 N–H and O–H groups in total. The summed E-state index contributed by atoms with van der Waals surface area (Å²) in [5.74, 6) is 0.988. The second kappa shape index (κ2) is 6.64. The first-order chi connectivity index (χ1) is 8.06. The van der Waals surface area contributed by atoms with Crippen molar-refractivity contribution >= 4 is 21.8 Å². The Morgan fingerprint density at radius 1 is 1.35 bits per heavy atom. The molecular formula is C13H18BrNO2. The van der Waals surface area contributed by atoms with Crippen LogP contribution in [-0.4, -0.2) is 36.3 Å². The number of hydrogen-bond donors (Lipinski definition) is 0. The summed E-state index contributed by atoms with van der Waals surface area (Å²) in [4.78, 5) is 13.0. The van der Waals surface area contributed by atoms with Gasteiger partial charge in [-0.3, -0.25) is 4.79 Å². The van der Waals surface area contributed by atoms with E-state index in [1.807, 2.05) is 32.0 Å². The lowest BCUT2D eigenvalue weighted by Gasteiger charge is -2.17. The quantitative estimate of drug-likeness (QED) is 0.782. The van der Waals surface area contributed by atoms with Crippen molar-refractivity contribution in [2.24, 2.45) is 0 Å². The number of nitrogens with zero attached hydrogens (tertiary/aromatic N) is 1. The Hall–Kier alpha value is -1.03. The summed E-state index contributed by atoms with van der Waals surface area (Å²) >= 11 is 3.14. The number of aryl methyl sites for hydroxylation is 2. The van der Waals surface area contributed by atoms with Gasteiger partial charge in [0.1, 0.15) is 12.4 Å². The topological polar surface area (TPSA) is 29.5 Å². The van der Waals surface area contributed by atoms with Crippen LogP contribution in [0, 0.1) is 13.8 Å². The van der Waals surface area contributed by atoms with E-state index >= 15 is 0 Å². The minimum atomic E-state index is 0.0649. The highest BCUT2D eigenvalue weighted by Gasteiger charge is 2.07. The van der Waals surface area contributed by atoms with Crippen LogP contribution in [0.3, 0.4) is 0 Å². The van der Waals surface area contributed by atoms with Crippen LogP contribution in [0.15, 0.2) is 18.2 Å². The first-order valence-electron chi connectivity index (χ1n) is 5.55. The van der Waals surface area contributed by atoms with Gasteiger partial charge < -0.3 is 9.64 Å². The largest absolute Gasteiger partial charge is 0.491 e. The van der Waals surface area contributed by atoms with E-state index in [1.165, 1.54) is 0 Å². The number of para-hydroxylation sites is 1. The number of ether oxygens (including phenoxy) is 1. The molecule has 0 radical (unpaired) electrons. The van der Waals surface area contributed by atoms with Crippen LogP contribution in [0.25, 0.3) is 0 Å². The zero-order valence-corrected chi connectivity index (χ0v) is 12.1. The molecule has 0 fully saturated rings. The van der Waals surface area contributed by atoms with E-state index in [0.29, 0.717) is 18.5 Å². The van der Waals surface area contributed by atoms with Gasteiger partial charge in [-0.1, -0.05) is 34.1 Å². The van der Waals surface area contributed by atoms with Crippen LogP contribution < -0.4 is 4.74 Å². The molecule has 0 unspecified atom stereocenters. The van der Waals surface area contributed by atoms with Crippen LogP contribution in [0.2, 0.25) is 0 Å². The van der Waals surface area contributed by atoms with Gasteiger partial charge in [0, 0.05) is 7.05 Å². The van der Waals surface area contributed by atoms with E-state index < -0.39 is 0 Å². The fourth-order valence-electron chi connectivity index (χ4n) is 1.54. The van der Waals surface area contributed by atoms with Gasteiger partial charge in [-0.2, -0.15) is 0 Å². The minimum Gasteiger partial charge on any atom is -0.491 e. The smallest absolute Gasteiger partial charge is 0.233 e. The second-order valence-electron chi connectivity index (χ2n) is 4.02. The zero-order chi connectivity index (χ0) is 12.8. The maximum atomic E-state index is 11.3. The monoisotopic (exact) mass is 299 g/mol. The van der Waals surface area contributed by atoms with Gasteiger partial charge in [0.2, 0.25) is 5.91 Å². The summed E-state index contributed by atoms with van der Waals surface area (Å²) in [6, 6.07) is 6.06. The molecule has 1 aromatic rings. The Bertz CT molecular complexity index is 373. The van der Waals surface area contributed by atoms with E-state index in [0.717, 1.165) is 16.9 Å². The predicted octanol–water partition coefficient (Wildman–Crippen LogP) is 2.54. The van der Waals surface area contributed by atoms with Crippen molar-refractivity contribution in [1.82, 2.24) is 4.90 Å². The molecule has 17 heavy (non-hydrogen) atoms. The molecule has 3 nitrogen and oxygen atoms in total. The first-order valence-corrected chi connectivity index (χ1v) is 6.67. The normalized spacial score (nSPS) is 10.1. The molecule has 1 rings (SSSR count). The van der Waals surface area contributed by atoms with Crippen molar-refractivity contribution in [3.63, 3.8) is 0 Å². The van der Waals surface area contributed by atoms with E-state index in [2.05, 4.69) is 15.9 Å². The molecule has 0 aliphatic rings. The van der Waals surface area contributed by atoms with Crippen LogP contribution in [0.1, 0.15) is 11.1 Å². The summed E-state index contributed by atoms with van der Waals surface area (Å²) in [6.45, 7) is 5.16. The zero-order valence-electron chi connectivity index (χ0n) is 10.5. The highest BCUT2D eigenvalue weighted by atomic mass is 79.9. The average Bonchev–Trinajstić information content (AvgIpc) is 2.31. The molecule has 0 aliphatic carbocycles. The Balaban J connectivity index is 2.49. The Morgan fingerprint density at radius 2 is 1.94 bits per heavy atom. The maximum Gasteiger partial charge on any atom is 0.233 e. The second-order valence-corrected chi connectivity index (χ2v) is 4.58. The van der Waals surface area contributed by atoms with Gasteiger partial charge in [-0.15, -0.1) is 0 Å². The number of halogens is 1. The highest BCUT2D eigenvalue weighted by Crippen LogP contribution is 2.21. The highest BCUT2D eigenvalue weighted by molar-refractivity contribution is 9.09. The maximum absolute atomic E-state index is 11.3. The number of carbonyl (C=O) groups is 1. The molecule has 1 amide bonds. The van der Waals surface area contributed by atoms with Crippen LogP contribution in [-0.2, 0) is 4.79 Å². The van der Waals surface area contributed by atoms with E-state index in [1.54, 1.807) is 11.9 Å². The van der Waals surface area contributed by atoms with Gasteiger partial charge >= 0.3 is 0 Å². The number of likely N-dealkylation sites (N-methyl/N-ethyl adjacent to an activating group) is 1. The van der Waals surface area contributed by atoms with Gasteiger partial charge in [0.05, 0.1) is 11.9 Å². The first kappa shape index (κ1) is 14.0. The lowest BCUT2D eigenvalue weighted by atomic mass is 10.1. The Labute approximate surface area is 111 Å². The fraction of sp³-hybridized carbons (Fsp3) is 0.462. The summed E-state index contributed by atoms with van der Waals surface area (Å²) in [5, 5.41) is 0.354. The van der Waals surface area contributed by atoms with Crippen LogP contribution in [0.5, 0.6) is 5.75 Å². The summed E-state index contributed by atoms with van der Waals surface area (Å²) in [6.07, 6.45) is 0. The Morgan fingerprint density at radius 3 is 2.47 bits per heavy atom. The van der Waals surface area contributed by atoms with Crippen molar-refractivity contribution in [1.29, 1.82) is 0 Å². The molecule has 0 saturated carbocycles. The van der Waals surface area contributed by atoms with Gasteiger partial charge in [-0.25, -0.2) is 0 Å². The van der Waals surface area contributed by atoms with Gasteiger partial charge in [0.25, 0.3) is 0 Å².